The molecule has 0 aliphatic heterocycles. The average molecular weight is 578 g/mol. The molecule has 202 valence electrons. The summed E-state index contributed by atoms with van der Waals surface area (Å²) in [6, 6.07) is 25.8. The third kappa shape index (κ3) is 9.13. The van der Waals surface area contributed by atoms with E-state index >= 15 is 0 Å². The van der Waals surface area contributed by atoms with Gasteiger partial charge in [-0.1, -0.05) is 117 Å². The Hall–Kier alpha value is -2.92. The van der Waals surface area contributed by atoms with E-state index in [4.69, 9.17) is 0 Å². The van der Waals surface area contributed by atoms with Crippen LogP contribution >= 0.6 is 15.9 Å². The molecule has 3 rings (SSSR count). The van der Waals surface area contributed by atoms with Crippen LogP contribution in [-0.4, -0.2) is 29.3 Å². The molecule has 4 nitrogen and oxygen atoms in total. The Morgan fingerprint density at radius 1 is 0.842 bits per heavy atom. The van der Waals surface area contributed by atoms with Gasteiger partial charge in [-0.25, -0.2) is 0 Å². The van der Waals surface area contributed by atoms with E-state index in [2.05, 4.69) is 80.1 Å². The second-order valence-electron chi connectivity index (χ2n) is 11.4. The monoisotopic (exact) mass is 576 g/mol. The van der Waals surface area contributed by atoms with Crippen LogP contribution in [0.2, 0.25) is 0 Å². The number of carbonyl (C=O) groups excluding carboxylic acids is 2. The lowest BCUT2D eigenvalue weighted by molar-refractivity contribution is -0.141. The number of nitrogens with zero attached hydrogens (tertiary/aromatic N) is 1. The molecule has 2 amide bonds. The normalized spacial score (nSPS) is 12.3. The average Bonchev–Trinajstić information content (AvgIpc) is 2.89. The van der Waals surface area contributed by atoms with Gasteiger partial charge in [0, 0.05) is 30.4 Å². The highest BCUT2D eigenvalue weighted by Gasteiger charge is 2.30. The lowest BCUT2D eigenvalue weighted by atomic mass is 9.86. The summed E-state index contributed by atoms with van der Waals surface area (Å²) in [6.45, 7) is 11.7. The fraction of sp³-hybridized carbons (Fsp3) is 0.394. The molecular weight excluding hydrogens is 536 g/mol. The highest BCUT2D eigenvalue weighted by molar-refractivity contribution is 9.10. The third-order valence-electron chi connectivity index (χ3n) is 6.67. The molecule has 1 atom stereocenters. The predicted octanol–water partition coefficient (Wildman–Crippen LogP) is 7.09. The molecule has 3 aromatic carbocycles. The van der Waals surface area contributed by atoms with Gasteiger partial charge in [-0.05, 0) is 52.1 Å². The number of rotatable bonds is 11. The number of hydrogen-bond acceptors (Lipinski definition) is 2. The van der Waals surface area contributed by atoms with E-state index in [1.165, 1.54) is 5.56 Å². The number of carbonyl (C=O) groups is 2. The molecule has 0 radical (unpaired) electrons. The second-order valence-corrected chi connectivity index (χ2v) is 12.4. The first kappa shape index (κ1) is 29.6. The lowest BCUT2D eigenvalue weighted by Crippen LogP contribution is -2.51. The van der Waals surface area contributed by atoms with Crippen LogP contribution in [0.3, 0.4) is 0 Å². The maximum absolute atomic E-state index is 13.8. The van der Waals surface area contributed by atoms with Crippen LogP contribution in [0.1, 0.15) is 63.3 Å². The van der Waals surface area contributed by atoms with Crippen molar-refractivity contribution in [1.29, 1.82) is 0 Å². The lowest BCUT2D eigenvalue weighted by Gasteiger charge is -2.32. The van der Waals surface area contributed by atoms with E-state index in [-0.39, 0.29) is 17.2 Å². The van der Waals surface area contributed by atoms with E-state index in [0.29, 0.717) is 38.3 Å². The van der Waals surface area contributed by atoms with Gasteiger partial charge in [0.25, 0.3) is 0 Å². The fourth-order valence-electron chi connectivity index (χ4n) is 4.33. The molecule has 0 aliphatic rings. The summed E-state index contributed by atoms with van der Waals surface area (Å²) in [6.07, 6.45) is 1.44. The van der Waals surface area contributed by atoms with Crippen molar-refractivity contribution in [1.82, 2.24) is 10.2 Å². The molecule has 0 spiro atoms. The Bertz CT molecular complexity index is 1170. The van der Waals surface area contributed by atoms with Gasteiger partial charge in [0.15, 0.2) is 0 Å². The van der Waals surface area contributed by atoms with Crippen LogP contribution in [-0.2, 0) is 34.4 Å². The van der Waals surface area contributed by atoms with Gasteiger partial charge in [0.2, 0.25) is 11.8 Å². The van der Waals surface area contributed by atoms with Gasteiger partial charge >= 0.3 is 0 Å². The minimum Gasteiger partial charge on any atom is -0.354 e. The van der Waals surface area contributed by atoms with Gasteiger partial charge < -0.3 is 10.2 Å². The van der Waals surface area contributed by atoms with Crippen LogP contribution < -0.4 is 5.32 Å². The quantitative estimate of drug-likeness (QED) is 0.265. The molecule has 0 saturated heterocycles. The summed E-state index contributed by atoms with van der Waals surface area (Å²) >= 11 is 3.49. The van der Waals surface area contributed by atoms with Crippen molar-refractivity contribution in [3.05, 3.63) is 106 Å². The Kier molecular flexibility index (Phi) is 10.7. The molecule has 3 aromatic rings. The Morgan fingerprint density at radius 2 is 1.45 bits per heavy atom. The summed E-state index contributed by atoms with van der Waals surface area (Å²) in [5.74, 6) is 0.194. The van der Waals surface area contributed by atoms with Gasteiger partial charge in [0.1, 0.15) is 6.04 Å². The smallest absolute Gasteiger partial charge is 0.243 e. The van der Waals surface area contributed by atoms with Crippen molar-refractivity contribution in [3.63, 3.8) is 0 Å². The third-order valence-corrected chi connectivity index (χ3v) is 7.20. The number of amides is 2. The molecule has 0 bridgehead atoms. The summed E-state index contributed by atoms with van der Waals surface area (Å²) in [7, 11) is 0. The summed E-state index contributed by atoms with van der Waals surface area (Å²) < 4.78 is 0.980. The number of benzene rings is 3. The molecule has 0 aliphatic carbocycles. The number of aryl methyl sites for hydroxylation is 1. The number of nitrogens with one attached hydrogen (secondary N) is 1. The minimum absolute atomic E-state index is 0.0200. The first-order valence-corrected chi connectivity index (χ1v) is 14.3. The van der Waals surface area contributed by atoms with E-state index in [1.807, 2.05) is 54.6 Å². The van der Waals surface area contributed by atoms with Crippen molar-refractivity contribution in [3.8, 4) is 0 Å². The molecule has 0 heterocycles. The van der Waals surface area contributed by atoms with E-state index in [1.54, 1.807) is 4.90 Å². The van der Waals surface area contributed by atoms with Crippen molar-refractivity contribution < 1.29 is 9.59 Å². The van der Waals surface area contributed by atoms with Gasteiger partial charge in [-0.3, -0.25) is 9.59 Å². The summed E-state index contributed by atoms with van der Waals surface area (Å²) in [5.41, 5.74) is 4.51. The number of halogens is 1. The fourth-order valence-corrected chi connectivity index (χ4v) is 4.59. The highest BCUT2D eigenvalue weighted by Crippen LogP contribution is 2.23. The standard InChI is InChI=1S/C33H41BrN2O2/c1-24(2)22-35-32(38)30(21-26-9-7-6-8-10-26)36(23-27-13-18-29(34)19-14-27)31(37)20-15-25-11-16-28(17-12-25)33(3,4)5/h6-14,16-19,24,30H,15,20-23H2,1-5H3,(H,35,38)/t30-/m1/s1. The number of hydrogen-bond donors (Lipinski definition) is 1. The Labute approximate surface area is 237 Å². The van der Waals surface area contributed by atoms with Crippen LogP contribution in [0.5, 0.6) is 0 Å². The maximum Gasteiger partial charge on any atom is 0.243 e. The molecule has 0 saturated carbocycles. The van der Waals surface area contributed by atoms with E-state index in [0.717, 1.165) is 21.2 Å². The van der Waals surface area contributed by atoms with Gasteiger partial charge in [0.05, 0.1) is 0 Å². The van der Waals surface area contributed by atoms with Crippen LogP contribution in [0.25, 0.3) is 0 Å². The summed E-state index contributed by atoms with van der Waals surface area (Å²) in [4.78, 5) is 29.1. The minimum atomic E-state index is -0.601. The topological polar surface area (TPSA) is 49.4 Å². The van der Waals surface area contributed by atoms with Crippen molar-refractivity contribution in [2.24, 2.45) is 5.92 Å². The zero-order chi connectivity index (χ0) is 27.7. The maximum atomic E-state index is 13.8. The molecule has 0 aromatic heterocycles. The van der Waals surface area contributed by atoms with Crippen molar-refractivity contribution >= 4 is 27.7 Å². The van der Waals surface area contributed by atoms with Gasteiger partial charge in [-0.2, -0.15) is 0 Å². The first-order valence-electron chi connectivity index (χ1n) is 13.5. The second kappa shape index (κ2) is 13.7. The van der Waals surface area contributed by atoms with Crippen LogP contribution in [0.4, 0.5) is 0 Å². The zero-order valence-corrected chi connectivity index (χ0v) is 24.9. The van der Waals surface area contributed by atoms with E-state index in [9.17, 15) is 9.59 Å². The molecular formula is C33H41BrN2O2. The Morgan fingerprint density at radius 3 is 2.03 bits per heavy atom. The highest BCUT2D eigenvalue weighted by atomic mass is 79.9. The molecule has 5 heteroatoms. The first-order chi connectivity index (χ1) is 18.0. The molecule has 1 N–H and O–H groups in total. The molecule has 0 unspecified atom stereocenters. The zero-order valence-electron chi connectivity index (χ0n) is 23.3. The predicted molar refractivity (Wildman–Crippen MR) is 160 cm³/mol. The Balaban J connectivity index is 1.87. The van der Waals surface area contributed by atoms with Crippen molar-refractivity contribution in [2.45, 2.75) is 71.9 Å². The van der Waals surface area contributed by atoms with Crippen LogP contribution in [0.15, 0.2) is 83.3 Å². The van der Waals surface area contributed by atoms with E-state index < -0.39 is 6.04 Å². The van der Waals surface area contributed by atoms with Gasteiger partial charge in [-0.15, -0.1) is 0 Å². The SMILES string of the molecule is CC(C)CNC(=O)[C@@H](Cc1ccccc1)N(Cc1ccc(Br)cc1)C(=O)CCc1ccc(C(C)(C)C)cc1. The summed E-state index contributed by atoms with van der Waals surface area (Å²) in [5, 5.41) is 3.09. The van der Waals surface area contributed by atoms with Crippen molar-refractivity contribution in [2.75, 3.05) is 6.54 Å². The largest absolute Gasteiger partial charge is 0.354 e. The molecule has 38 heavy (non-hydrogen) atoms. The van der Waals surface area contributed by atoms with Crippen LogP contribution in [0, 0.1) is 5.92 Å². The molecule has 0 fully saturated rings.